The molecule has 0 aliphatic rings. The third-order valence-corrected chi connectivity index (χ3v) is 4.65. The van der Waals surface area contributed by atoms with E-state index in [-0.39, 0.29) is 18.3 Å². The van der Waals surface area contributed by atoms with E-state index in [2.05, 4.69) is 28.4 Å². The molecule has 0 aliphatic carbocycles. The smallest absolute Gasteiger partial charge is 0.229 e. The average molecular weight is 403 g/mol. The van der Waals surface area contributed by atoms with Gasteiger partial charge in [0.05, 0.1) is 16.4 Å². The minimum Gasteiger partial charge on any atom is -0.396 e. The van der Waals surface area contributed by atoms with Crippen LogP contribution < -0.4 is 16.8 Å². The molecule has 0 spiro atoms. The van der Waals surface area contributed by atoms with Crippen molar-refractivity contribution in [3.63, 3.8) is 0 Å². The van der Waals surface area contributed by atoms with Gasteiger partial charge in [0.1, 0.15) is 11.7 Å². The van der Waals surface area contributed by atoms with Crippen LogP contribution in [0.25, 0.3) is 0 Å². The Hall–Kier alpha value is -3.04. The van der Waals surface area contributed by atoms with E-state index in [0.717, 1.165) is 21.7 Å². The number of allylic oxidation sites excluding steroid dienone is 1. The van der Waals surface area contributed by atoms with Crippen molar-refractivity contribution in [2.45, 2.75) is 18.2 Å². The van der Waals surface area contributed by atoms with Crippen molar-refractivity contribution in [3.05, 3.63) is 60.3 Å². The van der Waals surface area contributed by atoms with Crippen LogP contribution in [-0.4, -0.2) is 38.0 Å². The van der Waals surface area contributed by atoms with Gasteiger partial charge in [0.2, 0.25) is 5.95 Å². The van der Waals surface area contributed by atoms with Gasteiger partial charge in [-0.15, -0.1) is 0 Å². The highest BCUT2D eigenvalue weighted by Crippen LogP contribution is 2.20. The molecule has 2 aromatic rings. The summed E-state index contributed by atoms with van der Waals surface area (Å²) in [7, 11) is -1.02. The molecular formula is C19H26N6O2S. The Kier molecular flexibility index (Phi) is 9.00. The van der Waals surface area contributed by atoms with Gasteiger partial charge in [-0.1, -0.05) is 24.8 Å². The Morgan fingerprint density at radius 3 is 2.57 bits per heavy atom. The summed E-state index contributed by atoms with van der Waals surface area (Å²) in [6.07, 6.45) is 5.33. The molecule has 28 heavy (non-hydrogen) atoms. The minimum absolute atomic E-state index is 0.142. The number of benzene rings is 1. The van der Waals surface area contributed by atoms with Gasteiger partial charge in [0.15, 0.2) is 0 Å². The first kappa shape index (κ1) is 23.0. The number of aromatic nitrogens is 2. The molecule has 0 saturated carbocycles. The van der Waals surface area contributed by atoms with Gasteiger partial charge in [0, 0.05) is 29.6 Å². The third-order valence-electron chi connectivity index (χ3n) is 3.57. The van der Waals surface area contributed by atoms with Gasteiger partial charge in [-0.2, -0.15) is 4.98 Å². The third kappa shape index (κ3) is 6.93. The number of nitrogen functional groups attached to an aromatic ring is 2. The summed E-state index contributed by atoms with van der Waals surface area (Å²) < 4.78 is 11.5. The zero-order valence-electron chi connectivity index (χ0n) is 16.0. The molecule has 0 radical (unpaired) electrons. The molecule has 0 amide bonds. The van der Waals surface area contributed by atoms with Gasteiger partial charge in [-0.3, -0.25) is 9.62 Å². The lowest BCUT2D eigenvalue weighted by Crippen LogP contribution is -2.15. The van der Waals surface area contributed by atoms with Crippen molar-refractivity contribution in [3.8, 4) is 0 Å². The van der Waals surface area contributed by atoms with Crippen LogP contribution in [0.3, 0.4) is 0 Å². The van der Waals surface area contributed by atoms with E-state index >= 15 is 0 Å². The van der Waals surface area contributed by atoms with Crippen molar-refractivity contribution in [2.24, 2.45) is 5.73 Å². The summed E-state index contributed by atoms with van der Waals surface area (Å²) in [6.45, 7) is 9.11. The number of aliphatic hydroxyl groups is 1. The molecule has 9 heteroatoms. The number of amidine groups is 1. The van der Waals surface area contributed by atoms with E-state index in [1.807, 2.05) is 13.0 Å². The van der Waals surface area contributed by atoms with E-state index in [1.54, 1.807) is 24.5 Å². The van der Waals surface area contributed by atoms with Crippen LogP contribution in [0.2, 0.25) is 0 Å². The lowest BCUT2D eigenvalue weighted by atomic mass is 10.2. The van der Waals surface area contributed by atoms with E-state index < -0.39 is 10.8 Å². The number of rotatable bonds is 7. The summed E-state index contributed by atoms with van der Waals surface area (Å²) >= 11 is 0. The first-order valence-electron chi connectivity index (χ1n) is 8.28. The average Bonchev–Trinajstić information content (AvgIpc) is 2.62. The minimum atomic E-state index is -1.02. The molecule has 1 unspecified atom stereocenters. The highest BCUT2D eigenvalue weighted by molar-refractivity contribution is 7.84. The van der Waals surface area contributed by atoms with Crippen LogP contribution >= 0.6 is 0 Å². The summed E-state index contributed by atoms with van der Waals surface area (Å²) in [4.78, 5) is 8.90. The maximum absolute atomic E-state index is 11.5. The first-order chi connectivity index (χ1) is 13.2. The molecule has 1 atom stereocenters. The fraction of sp³-hybridized carbons (Fsp3) is 0.211. The fourth-order valence-electron chi connectivity index (χ4n) is 2.09. The van der Waals surface area contributed by atoms with Crippen molar-refractivity contribution in [2.75, 3.05) is 23.9 Å². The molecule has 0 saturated heterocycles. The monoisotopic (exact) mass is 402 g/mol. The molecule has 1 aromatic carbocycles. The number of aliphatic hydroxyl groups excluding tert-OH is 1. The van der Waals surface area contributed by atoms with Crippen LogP contribution in [-0.2, 0) is 10.8 Å². The van der Waals surface area contributed by atoms with E-state index in [0.29, 0.717) is 17.9 Å². The molecule has 0 aliphatic heterocycles. The Balaban J connectivity index is 0.000000480. The van der Waals surface area contributed by atoms with Crippen LogP contribution in [0.1, 0.15) is 17.5 Å². The zero-order valence-corrected chi connectivity index (χ0v) is 16.8. The number of hydrogen-bond donors (Lipinski definition) is 5. The summed E-state index contributed by atoms with van der Waals surface area (Å²) in [5, 5.41) is 18.6. The number of nitrogens with zero attached hydrogens (tertiary/aromatic N) is 2. The second-order valence-corrected chi connectivity index (χ2v) is 7.15. The second-order valence-electron chi connectivity index (χ2n) is 5.80. The van der Waals surface area contributed by atoms with Crippen molar-refractivity contribution >= 4 is 34.1 Å². The summed E-state index contributed by atoms with van der Waals surface area (Å²) in [6, 6.07) is 5.44. The number of nitrogens with two attached hydrogens (primary N) is 2. The van der Waals surface area contributed by atoms with Gasteiger partial charge in [-0.25, -0.2) is 4.98 Å². The molecule has 150 valence electrons. The Bertz CT molecular complexity index is 836. The van der Waals surface area contributed by atoms with Crippen LogP contribution in [0, 0.1) is 12.3 Å². The molecule has 0 fully saturated rings. The van der Waals surface area contributed by atoms with Crippen molar-refractivity contribution in [1.82, 2.24) is 9.97 Å². The van der Waals surface area contributed by atoms with Gasteiger partial charge < -0.3 is 21.9 Å². The summed E-state index contributed by atoms with van der Waals surface area (Å²) in [5.74, 6) is 0.273. The fourth-order valence-corrected chi connectivity index (χ4v) is 2.86. The molecule has 0 bridgehead atoms. The Morgan fingerprint density at radius 2 is 2.14 bits per heavy atom. The predicted molar refractivity (Wildman–Crippen MR) is 115 cm³/mol. The highest BCUT2D eigenvalue weighted by atomic mass is 32.2. The number of anilines is 3. The van der Waals surface area contributed by atoms with Gasteiger partial charge in [-0.05, 0) is 37.1 Å². The number of nitrogens with one attached hydrogen (secondary N) is 2. The maximum atomic E-state index is 11.5. The topological polar surface area (TPSA) is 151 Å². The molecule has 2 rings (SSSR count). The largest absolute Gasteiger partial charge is 0.396 e. The standard InChI is InChI=1S/C13H16N6OS.C6H10O/c1-7-5-8(3-4-10(7)21(2)20)18-13-17-6-9(11(14)15)12(16)19-13;1-3-6(2)4-5-7/h3-6H,1-2H3,(H3,14,15)(H3,16,17,18,19);3,7H,1-2,4-5H2. The first-order valence-corrected chi connectivity index (χ1v) is 9.84. The molecule has 8 nitrogen and oxygen atoms in total. The normalized spacial score (nSPS) is 11.0. The van der Waals surface area contributed by atoms with E-state index in [4.69, 9.17) is 22.0 Å². The molecule has 1 heterocycles. The van der Waals surface area contributed by atoms with Crippen molar-refractivity contribution in [1.29, 1.82) is 5.41 Å². The van der Waals surface area contributed by atoms with Crippen LogP contribution in [0.4, 0.5) is 17.5 Å². The lowest BCUT2D eigenvalue weighted by molar-refractivity contribution is 0.300. The lowest BCUT2D eigenvalue weighted by Gasteiger charge is -2.09. The SMILES string of the molecule is C=CC(=C)CCO.Cc1cc(Nc2ncc(C(=N)N)c(N)n2)ccc1S(C)=O. The van der Waals surface area contributed by atoms with E-state index in [9.17, 15) is 4.21 Å². The Labute approximate surface area is 167 Å². The van der Waals surface area contributed by atoms with E-state index in [1.165, 1.54) is 6.20 Å². The Morgan fingerprint density at radius 1 is 1.46 bits per heavy atom. The maximum Gasteiger partial charge on any atom is 0.229 e. The zero-order chi connectivity index (χ0) is 21.3. The van der Waals surface area contributed by atoms with Gasteiger partial charge >= 0.3 is 0 Å². The number of aryl methyl sites for hydroxylation is 1. The predicted octanol–water partition coefficient (Wildman–Crippen LogP) is 2.24. The van der Waals surface area contributed by atoms with Gasteiger partial charge in [0.25, 0.3) is 0 Å². The highest BCUT2D eigenvalue weighted by Gasteiger charge is 2.08. The molecule has 1 aromatic heterocycles. The second kappa shape index (κ2) is 11.0. The van der Waals surface area contributed by atoms with Crippen LogP contribution in [0.5, 0.6) is 0 Å². The summed E-state index contributed by atoms with van der Waals surface area (Å²) in [5.41, 5.74) is 13.9. The van der Waals surface area contributed by atoms with Crippen LogP contribution in [0.15, 0.2) is 54.1 Å². The quantitative estimate of drug-likeness (QED) is 0.271. The number of hydrogen-bond acceptors (Lipinski definition) is 7. The van der Waals surface area contributed by atoms with Crippen molar-refractivity contribution < 1.29 is 9.32 Å². The molecular weight excluding hydrogens is 376 g/mol. The molecule has 7 N–H and O–H groups in total.